The Hall–Kier alpha value is -3.96. The first kappa shape index (κ1) is 21.3. The van der Waals surface area contributed by atoms with E-state index in [0.29, 0.717) is 23.6 Å². The van der Waals surface area contributed by atoms with Gasteiger partial charge in [0.15, 0.2) is 23.3 Å². The topological polar surface area (TPSA) is 114 Å². The van der Waals surface area contributed by atoms with Gasteiger partial charge in [0, 0.05) is 11.3 Å². The SMILES string of the molecule is O=C(CNc1ccc(-c2nnnn2C2CC2)cc1)NCC(=O)Nc1ccc(F)c(F)c1F. The zero-order chi connectivity index (χ0) is 22.7. The average Bonchev–Trinajstić information content (AvgIpc) is 3.53. The number of hydrogen-bond acceptors (Lipinski definition) is 6. The van der Waals surface area contributed by atoms with Crippen LogP contribution in [-0.4, -0.2) is 45.1 Å². The van der Waals surface area contributed by atoms with E-state index in [1.807, 2.05) is 12.1 Å². The van der Waals surface area contributed by atoms with Crippen LogP contribution in [0.5, 0.6) is 0 Å². The molecule has 1 aliphatic carbocycles. The average molecular weight is 445 g/mol. The lowest BCUT2D eigenvalue weighted by molar-refractivity contribution is -0.122. The highest BCUT2D eigenvalue weighted by molar-refractivity contribution is 5.95. The summed E-state index contributed by atoms with van der Waals surface area (Å²) in [6.45, 7) is -0.590. The second-order valence-electron chi connectivity index (χ2n) is 7.16. The van der Waals surface area contributed by atoms with Gasteiger partial charge in [-0.1, -0.05) is 0 Å². The van der Waals surface area contributed by atoms with Gasteiger partial charge in [0.2, 0.25) is 11.8 Å². The summed E-state index contributed by atoms with van der Waals surface area (Å²) < 4.78 is 41.5. The number of carbonyl (C=O) groups is 2. The van der Waals surface area contributed by atoms with Gasteiger partial charge in [-0.3, -0.25) is 9.59 Å². The summed E-state index contributed by atoms with van der Waals surface area (Å²) in [4.78, 5) is 23.8. The second kappa shape index (κ2) is 9.04. The van der Waals surface area contributed by atoms with E-state index in [1.54, 1.807) is 16.8 Å². The lowest BCUT2D eigenvalue weighted by Gasteiger charge is -2.10. The third kappa shape index (κ3) is 4.85. The number of hydrogen-bond donors (Lipinski definition) is 3. The Morgan fingerprint density at radius 1 is 0.969 bits per heavy atom. The highest BCUT2D eigenvalue weighted by atomic mass is 19.2. The van der Waals surface area contributed by atoms with Gasteiger partial charge >= 0.3 is 0 Å². The van der Waals surface area contributed by atoms with Crippen molar-refractivity contribution < 1.29 is 22.8 Å². The van der Waals surface area contributed by atoms with E-state index in [9.17, 15) is 22.8 Å². The summed E-state index contributed by atoms with van der Waals surface area (Å²) in [7, 11) is 0. The molecule has 1 saturated carbocycles. The standard InChI is InChI=1S/C20H18F3N7O2/c21-14-7-8-15(19(23)18(14)22)26-17(32)10-25-16(31)9-24-12-3-1-11(2-4-12)20-27-28-29-30(20)13-5-6-13/h1-4,7-8,13,24H,5-6,9-10H2,(H,25,31)(H,26,32). The van der Waals surface area contributed by atoms with Gasteiger partial charge in [0.05, 0.1) is 24.8 Å². The number of amides is 2. The highest BCUT2D eigenvalue weighted by Gasteiger charge is 2.28. The van der Waals surface area contributed by atoms with E-state index in [0.717, 1.165) is 24.5 Å². The monoisotopic (exact) mass is 445 g/mol. The molecule has 1 aromatic heterocycles. The van der Waals surface area contributed by atoms with Crippen molar-refractivity contribution in [1.29, 1.82) is 0 Å². The van der Waals surface area contributed by atoms with Crippen LogP contribution < -0.4 is 16.0 Å². The quantitative estimate of drug-likeness (QED) is 0.459. The Balaban J connectivity index is 1.24. The second-order valence-corrected chi connectivity index (χ2v) is 7.16. The van der Waals surface area contributed by atoms with Gasteiger partial charge in [-0.05, 0) is 59.7 Å². The van der Waals surface area contributed by atoms with Crippen LogP contribution >= 0.6 is 0 Å². The fourth-order valence-corrected chi connectivity index (χ4v) is 2.93. The summed E-state index contributed by atoms with van der Waals surface area (Å²) in [6.07, 6.45) is 2.11. The first-order valence-corrected chi connectivity index (χ1v) is 9.74. The number of rotatable bonds is 8. The molecule has 0 saturated heterocycles. The van der Waals surface area contributed by atoms with Gasteiger partial charge in [0.1, 0.15) is 0 Å². The predicted molar refractivity (Wildman–Crippen MR) is 108 cm³/mol. The van der Waals surface area contributed by atoms with Gasteiger partial charge in [-0.15, -0.1) is 5.10 Å². The first-order valence-electron chi connectivity index (χ1n) is 9.74. The van der Waals surface area contributed by atoms with Crippen molar-refractivity contribution in [3.63, 3.8) is 0 Å². The lowest BCUT2D eigenvalue weighted by Crippen LogP contribution is -2.36. The maximum atomic E-state index is 13.6. The molecule has 0 radical (unpaired) electrons. The first-order chi connectivity index (χ1) is 15.4. The Labute approximate surface area is 180 Å². The normalized spacial score (nSPS) is 13.0. The van der Waals surface area contributed by atoms with Crippen LogP contribution in [0, 0.1) is 17.5 Å². The summed E-state index contributed by atoms with van der Waals surface area (Å²) in [5.74, 6) is -5.17. The van der Waals surface area contributed by atoms with Crippen molar-refractivity contribution in [2.45, 2.75) is 18.9 Å². The zero-order valence-corrected chi connectivity index (χ0v) is 16.6. The molecule has 32 heavy (non-hydrogen) atoms. The molecule has 3 N–H and O–H groups in total. The van der Waals surface area contributed by atoms with Crippen molar-refractivity contribution >= 4 is 23.2 Å². The highest BCUT2D eigenvalue weighted by Crippen LogP contribution is 2.36. The zero-order valence-electron chi connectivity index (χ0n) is 16.6. The number of aromatic nitrogens is 4. The third-order valence-electron chi connectivity index (χ3n) is 4.74. The Kier molecular flexibility index (Phi) is 6.01. The van der Waals surface area contributed by atoms with Crippen LogP contribution in [0.1, 0.15) is 18.9 Å². The van der Waals surface area contributed by atoms with Gasteiger partial charge in [-0.2, -0.15) is 0 Å². The predicted octanol–water partition coefficient (Wildman–Crippen LogP) is 2.26. The number of nitrogens with zero attached hydrogens (tertiary/aromatic N) is 4. The number of halogens is 3. The fourth-order valence-electron chi connectivity index (χ4n) is 2.93. The lowest BCUT2D eigenvalue weighted by atomic mass is 10.2. The van der Waals surface area contributed by atoms with Crippen LogP contribution in [0.25, 0.3) is 11.4 Å². The summed E-state index contributed by atoms with van der Waals surface area (Å²) in [5, 5.41) is 19.1. The van der Waals surface area contributed by atoms with Crippen molar-refractivity contribution in [2.24, 2.45) is 0 Å². The van der Waals surface area contributed by atoms with E-state index in [2.05, 4.69) is 31.5 Å². The maximum absolute atomic E-state index is 13.6. The molecule has 0 atom stereocenters. The molecule has 3 aromatic rings. The molecule has 9 nitrogen and oxygen atoms in total. The van der Waals surface area contributed by atoms with E-state index in [-0.39, 0.29) is 6.54 Å². The number of nitrogens with one attached hydrogen (secondary N) is 3. The maximum Gasteiger partial charge on any atom is 0.243 e. The molecular formula is C20H18F3N7O2. The number of carbonyl (C=O) groups excluding carboxylic acids is 2. The van der Waals surface area contributed by atoms with Crippen molar-refractivity contribution in [3.05, 3.63) is 53.8 Å². The molecular weight excluding hydrogens is 427 g/mol. The van der Waals surface area contributed by atoms with E-state index in [1.165, 1.54) is 0 Å². The molecule has 1 aliphatic rings. The molecule has 12 heteroatoms. The molecule has 2 aromatic carbocycles. The minimum absolute atomic E-state index is 0.119. The summed E-state index contributed by atoms with van der Waals surface area (Å²) in [6, 6.07) is 9.12. The van der Waals surface area contributed by atoms with E-state index >= 15 is 0 Å². The summed E-state index contributed by atoms with van der Waals surface area (Å²) >= 11 is 0. The van der Waals surface area contributed by atoms with Crippen LogP contribution in [0.15, 0.2) is 36.4 Å². The smallest absolute Gasteiger partial charge is 0.243 e. The minimum atomic E-state index is -1.69. The number of tetrazole rings is 1. The molecule has 166 valence electrons. The Morgan fingerprint density at radius 3 is 2.44 bits per heavy atom. The third-order valence-corrected chi connectivity index (χ3v) is 4.74. The molecule has 1 heterocycles. The van der Waals surface area contributed by atoms with Crippen molar-refractivity contribution in [3.8, 4) is 11.4 Å². The van der Waals surface area contributed by atoms with E-state index in [4.69, 9.17) is 0 Å². The molecule has 0 unspecified atom stereocenters. The van der Waals surface area contributed by atoms with Crippen LogP contribution in [-0.2, 0) is 9.59 Å². The largest absolute Gasteiger partial charge is 0.376 e. The molecule has 0 aliphatic heterocycles. The molecule has 4 rings (SSSR count). The van der Waals surface area contributed by atoms with Crippen LogP contribution in [0.2, 0.25) is 0 Å². The van der Waals surface area contributed by atoms with Crippen molar-refractivity contribution in [2.75, 3.05) is 23.7 Å². The molecule has 0 spiro atoms. The van der Waals surface area contributed by atoms with E-state index < -0.39 is 41.5 Å². The molecule has 1 fully saturated rings. The number of benzene rings is 2. The summed E-state index contributed by atoms with van der Waals surface area (Å²) in [5.41, 5.74) is 0.995. The van der Waals surface area contributed by atoms with Crippen LogP contribution in [0.3, 0.4) is 0 Å². The fraction of sp³-hybridized carbons (Fsp3) is 0.250. The number of anilines is 2. The molecule has 0 bridgehead atoms. The van der Waals surface area contributed by atoms with Crippen molar-refractivity contribution in [1.82, 2.24) is 25.5 Å². The van der Waals surface area contributed by atoms with Crippen LogP contribution in [0.4, 0.5) is 24.5 Å². The Morgan fingerprint density at radius 2 is 1.72 bits per heavy atom. The Bertz CT molecular complexity index is 1150. The van der Waals surface area contributed by atoms with Gasteiger partial charge in [-0.25, -0.2) is 17.9 Å². The van der Waals surface area contributed by atoms with Gasteiger partial charge < -0.3 is 16.0 Å². The van der Waals surface area contributed by atoms with Gasteiger partial charge in [0.25, 0.3) is 0 Å². The molecule has 2 amide bonds. The minimum Gasteiger partial charge on any atom is -0.376 e.